The Kier molecular flexibility index (Phi) is 4.54. The Balaban J connectivity index is 1.62. The minimum absolute atomic E-state index is 0.276. The van der Waals surface area contributed by atoms with Gasteiger partial charge < -0.3 is 8.94 Å². The summed E-state index contributed by atoms with van der Waals surface area (Å²) in [5.41, 5.74) is 0.678. The van der Waals surface area contributed by atoms with E-state index in [1.54, 1.807) is 17.5 Å². The molecule has 3 aromatic rings. The van der Waals surface area contributed by atoms with Crippen molar-refractivity contribution in [2.24, 2.45) is 0 Å². The first kappa shape index (κ1) is 15.2. The van der Waals surface area contributed by atoms with Crippen LogP contribution in [0.3, 0.4) is 0 Å². The summed E-state index contributed by atoms with van der Waals surface area (Å²) in [7, 11) is -1.13. The van der Waals surface area contributed by atoms with Crippen molar-refractivity contribution in [1.29, 1.82) is 0 Å². The molecule has 0 amide bonds. The number of nitrogens with zero attached hydrogens (tertiary/aromatic N) is 2. The summed E-state index contributed by atoms with van der Waals surface area (Å²) < 4.78 is 23.0. The zero-order valence-corrected chi connectivity index (χ0v) is 13.9. The van der Waals surface area contributed by atoms with Crippen molar-refractivity contribution >= 4 is 22.1 Å². The smallest absolute Gasteiger partial charge is 0.207 e. The van der Waals surface area contributed by atoms with E-state index in [0.29, 0.717) is 23.1 Å². The molecular weight excluding hydrogens is 320 g/mol. The van der Waals surface area contributed by atoms with Crippen LogP contribution in [0.1, 0.15) is 37.1 Å². The Labute approximate surface area is 134 Å². The average molecular weight is 336 g/mol. The van der Waals surface area contributed by atoms with Crippen molar-refractivity contribution in [1.82, 2.24) is 10.1 Å². The fourth-order valence-corrected chi connectivity index (χ4v) is 3.58. The highest BCUT2D eigenvalue weighted by Crippen LogP contribution is 2.25. The number of thiophene rings is 1. The van der Waals surface area contributed by atoms with Crippen molar-refractivity contribution in [3.8, 4) is 10.6 Å². The van der Waals surface area contributed by atoms with Crippen molar-refractivity contribution < 1.29 is 13.1 Å². The molecule has 1 atom stereocenters. The van der Waals surface area contributed by atoms with Gasteiger partial charge in [-0.15, -0.1) is 11.3 Å². The van der Waals surface area contributed by atoms with Crippen LogP contribution in [0.15, 0.2) is 38.7 Å². The molecule has 0 bridgehead atoms. The van der Waals surface area contributed by atoms with Gasteiger partial charge in [0, 0.05) is 22.8 Å². The predicted octanol–water partition coefficient (Wildman–Crippen LogP) is 3.96. The van der Waals surface area contributed by atoms with Crippen LogP contribution >= 0.6 is 11.3 Å². The van der Waals surface area contributed by atoms with Gasteiger partial charge in [0.05, 0.1) is 22.5 Å². The van der Waals surface area contributed by atoms with E-state index in [1.807, 2.05) is 37.4 Å². The van der Waals surface area contributed by atoms with E-state index in [9.17, 15) is 4.21 Å². The Bertz CT molecular complexity index is 759. The van der Waals surface area contributed by atoms with Crippen LogP contribution < -0.4 is 0 Å². The second-order valence-electron chi connectivity index (χ2n) is 5.20. The summed E-state index contributed by atoms with van der Waals surface area (Å²) in [6.45, 7) is 4.06. The lowest BCUT2D eigenvalue weighted by molar-refractivity contribution is 0.427. The van der Waals surface area contributed by atoms with Crippen molar-refractivity contribution in [3.05, 3.63) is 47.1 Å². The zero-order valence-electron chi connectivity index (χ0n) is 12.3. The largest absolute Gasteiger partial charge is 0.444 e. The molecule has 0 aliphatic rings. The van der Waals surface area contributed by atoms with Crippen LogP contribution in [0.4, 0.5) is 0 Å². The molecule has 7 heteroatoms. The first-order chi connectivity index (χ1) is 10.6. The minimum Gasteiger partial charge on any atom is -0.444 e. The highest BCUT2D eigenvalue weighted by molar-refractivity contribution is 7.83. The average Bonchev–Trinajstić information content (AvgIpc) is 3.18. The van der Waals surface area contributed by atoms with E-state index in [-0.39, 0.29) is 11.7 Å². The molecule has 3 aromatic heterocycles. The first-order valence-electron chi connectivity index (χ1n) is 6.91. The summed E-state index contributed by atoms with van der Waals surface area (Å²) in [5.74, 6) is 2.92. The second-order valence-corrected chi connectivity index (χ2v) is 7.60. The molecule has 0 aromatic carbocycles. The summed E-state index contributed by atoms with van der Waals surface area (Å²) in [5, 5.41) is 5.95. The van der Waals surface area contributed by atoms with Crippen LogP contribution in [0.5, 0.6) is 0 Å². The van der Waals surface area contributed by atoms with Gasteiger partial charge in [-0.05, 0) is 11.4 Å². The molecule has 3 rings (SSSR count). The molecule has 5 nitrogen and oxygen atoms in total. The third-order valence-electron chi connectivity index (χ3n) is 3.06. The van der Waals surface area contributed by atoms with Gasteiger partial charge in [0.1, 0.15) is 11.5 Å². The van der Waals surface area contributed by atoms with Crippen LogP contribution in [0.2, 0.25) is 0 Å². The van der Waals surface area contributed by atoms with E-state index < -0.39 is 10.8 Å². The fraction of sp³-hybridized carbons (Fsp3) is 0.333. The van der Waals surface area contributed by atoms with Gasteiger partial charge in [-0.2, -0.15) is 0 Å². The molecule has 0 N–H and O–H groups in total. The normalized spacial score (nSPS) is 12.9. The van der Waals surface area contributed by atoms with Crippen molar-refractivity contribution in [2.75, 3.05) is 0 Å². The second kappa shape index (κ2) is 6.58. The Morgan fingerprint density at radius 1 is 1.36 bits per heavy atom. The summed E-state index contributed by atoms with van der Waals surface area (Å²) in [4.78, 5) is 5.18. The SMILES string of the molecule is CC(C)c1cnc(C[S@](=O)Cc2cc(-c3cccs3)on2)o1. The molecule has 0 saturated carbocycles. The van der Waals surface area contributed by atoms with Crippen LogP contribution in [-0.2, 0) is 22.3 Å². The molecule has 0 aliphatic heterocycles. The third kappa shape index (κ3) is 3.53. The monoisotopic (exact) mass is 336 g/mol. The molecule has 0 saturated heterocycles. The van der Waals surface area contributed by atoms with E-state index >= 15 is 0 Å². The molecule has 0 spiro atoms. The van der Waals surface area contributed by atoms with E-state index in [2.05, 4.69) is 10.1 Å². The van der Waals surface area contributed by atoms with Crippen LogP contribution in [0, 0.1) is 0 Å². The van der Waals surface area contributed by atoms with Gasteiger partial charge in [-0.1, -0.05) is 25.1 Å². The number of hydrogen-bond donors (Lipinski definition) is 0. The Morgan fingerprint density at radius 3 is 2.91 bits per heavy atom. The maximum absolute atomic E-state index is 12.2. The first-order valence-corrected chi connectivity index (χ1v) is 9.27. The van der Waals surface area contributed by atoms with E-state index in [4.69, 9.17) is 8.94 Å². The predicted molar refractivity (Wildman–Crippen MR) is 86.0 cm³/mol. The highest BCUT2D eigenvalue weighted by Gasteiger charge is 2.14. The molecule has 0 fully saturated rings. The van der Waals surface area contributed by atoms with Gasteiger partial charge in [0.25, 0.3) is 0 Å². The molecule has 116 valence electrons. The van der Waals surface area contributed by atoms with Crippen molar-refractivity contribution in [3.63, 3.8) is 0 Å². The fourth-order valence-electron chi connectivity index (χ4n) is 1.93. The van der Waals surface area contributed by atoms with Crippen molar-refractivity contribution in [2.45, 2.75) is 31.3 Å². The van der Waals surface area contributed by atoms with E-state index in [1.165, 1.54) is 0 Å². The maximum Gasteiger partial charge on any atom is 0.207 e. The van der Waals surface area contributed by atoms with E-state index in [0.717, 1.165) is 10.6 Å². The number of rotatable bonds is 6. The standard InChI is InChI=1S/C15H16N2O3S2/c1-10(2)13-7-16-15(19-13)9-22(18)8-11-6-12(20-17-11)14-4-3-5-21-14/h3-7,10H,8-9H2,1-2H3/t22-/m1/s1. The molecule has 3 heterocycles. The van der Waals surface area contributed by atoms with Gasteiger partial charge >= 0.3 is 0 Å². The topological polar surface area (TPSA) is 69.1 Å². The van der Waals surface area contributed by atoms with Gasteiger partial charge in [-0.3, -0.25) is 4.21 Å². The lowest BCUT2D eigenvalue weighted by Crippen LogP contribution is -1.99. The van der Waals surface area contributed by atoms with Crippen LogP contribution in [0.25, 0.3) is 10.6 Å². The summed E-state index contributed by atoms with van der Waals surface area (Å²) in [6.07, 6.45) is 1.70. The minimum atomic E-state index is -1.13. The molecule has 0 aliphatic carbocycles. The lowest BCUT2D eigenvalue weighted by Gasteiger charge is -1.98. The summed E-state index contributed by atoms with van der Waals surface area (Å²) >= 11 is 1.58. The quantitative estimate of drug-likeness (QED) is 0.681. The number of aromatic nitrogens is 2. The Hall–Kier alpha value is -1.73. The molecular formula is C15H16N2O3S2. The maximum atomic E-state index is 12.2. The van der Waals surface area contributed by atoms with Gasteiger partial charge in [0.2, 0.25) is 5.89 Å². The summed E-state index contributed by atoms with van der Waals surface area (Å²) in [6, 6.07) is 5.75. The number of hydrogen-bond acceptors (Lipinski definition) is 6. The third-order valence-corrected chi connectivity index (χ3v) is 5.13. The van der Waals surface area contributed by atoms with Gasteiger partial charge in [-0.25, -0.2) is 4.98 Å². The van der Waals surface area contributed by atoms with Crippen LogP contribution in [-0.4, -0.2) is 14.3 Å². The highest BCUT2D eigenvalue weighted by atomic mass is 32.2. The zero-order chi connectivity index (χ0) is 15.5. The molecule has 0 radical (unpaired) electrons. The molecule has 0 unspecified atom stereocenters. The number of oxazole rings is 1. The van der Waals surface area contributed by atoms with Gasteiger partial charge in [0.15, 0.2) is 5.76 Å². The Morgan fingerprint density at radius 2 is 2.23 bits per heavy atom. The lowest BCUT2D eigenvalue weighted by atomic mass is 10.2. The molecule has 22 heavy (non-hydrogen) atoms.